The SMILES string of the molecule is CC(Oc1ccc2c(c1)CCCC2)C(=O)NCCSCc1ccccc1. The molecule has 3 nitrogen and oxygen atoms in total. The standard InChI is InChI=1S/C22H27NO2S/c1-17(25-21-12-11-19-9-5-6-10-20(19)15-21)22(24)23-13-14-26-16-18-7-3-2-4-8-18/h2-4,7-8,11-12,15,17H,5-6,9-10,13-14,16H2,1H3,(H,23,24). The van der Waals surface area contributed by atoms with Crippen molar-refractivity contribution in [2.24, 2.45) is 0 Å². The fourth-order valence-corrected chi connectivity index (χ4v) is 4.01. The molecule has 3 rings (SSSR count). The van der Waals surface area contributed by atoms with Gasteiger partial charge in [0.25, 0.3) is 5.91 Å². The molecule has 0 aliphatic heterocycles. The van der Waals surface area contributed by atoms with Crippen LogP contribution < -0.4 is 10.1 Å². The van der Waals surface area contributed by atoms with Crippen LogP contribution in [0.1, 0.15) is 36.5 Å². The van der Waals surface area contributed by atoms with E-state index in [4.69, 9.17) is 4.74 Å². The highest BCUT2D eigenvalue weighted by molar-refractivity contribution is 7.98. The largest absolute Gasteiger partial charge is 0.481 e. The molecule has 1 unspecified atom stereocenters. The number of fused-ring (bicyclic) bond motifs is 1. The topological polar surface area (TPSA) is 38.3 Å². The van der Waals surface area contributed by atoms with Gasteiger partial charge in [0.05, 0.1) is 0 Å². The highest BCUT2D eigenvalue weighted by Gasteiger charge is 2.16. The zero-order valence-corrected chi connectivity index (χ0v) is 16.2. The Morgan fingerprint density at radius 3 is 2.69 bits per heavy atom. The third-order valence-corrected chi connectivity index (χ3v) is 5.69. The van der Waals surface area contributed by atoms with Gasteiger partial charge in [0.15, 0.2) is 6.10 Å². The fourth-order valence-electron chi connectivity index (χ4n) is 3.20. The summed E-state index contributed by atoms with van der Waals surface area (Å²) in [4.78, 5) is 12.2. The van der Waals surface area contributed by atoms with E-state index in [1.54, 1.807) is 0 Å². The van der Waals surface area contributed by atoms with Crippen LogP contribution in [0, 0.1) is 0 Å². The van der Waals surface area contributed by atoms with Crippen LogP contribution in [0.25, 0.3) is 0 Å². The molecule has 138 valence electrons. The predicted octanol–water partition coefficient (Wildman–Crippen LogP) is 4.38. The van der Waals surface area contributed by atoms with Crippen molar-refractivity contribution in [1.82, 2.24) is 5.32 Å². The molecule has 1 aliphatic rings. The first kappa shape index (κ1) is 18.8. The van der Waals surface area contributed by atoms with Gasteiger partial charge in [-0.2, -0.15) is 11.8 Å². The van der Waals surface area contributed by atoms with Crippen LogP contribution in [0.15, 0.2) is 48.5 Å². The molecule has 0 fully saturated rings. The van der Waals surface area contributed by atoms with E-state index in [9.17, 15) is 4.79 Å². The van der Waals surface area contributed by atoms with Crippen LogP contribution in [0.4, 0.5) is 0 Å². The summed E-state index contributed by atoms with van der Waals surface area (Å²) >= 11 is 1.82. The van der Waals surface area contributed by atoms with E-state index in [2.05, 4.69) is 41.7 Å². The number of thioether (sulfide) groups is 1. The average Bonchev–Trinajstić information content (AvgIpc) is 2.68. The summed E-state index contributed by atoms with van der Waals surface area (Å²) in [6.07, 6.45) is 4.32. The van der Waals surface area contributed by atoms with Crippen molar-refractivity contribution in [3.63, 3.8) is 0 Å². The lowest BCUT2D eigenvalue weighted by Crippen LogP contribution is -2.37. The maximum Gasteiger partial charge on any atom is 0.260 e. The molecule has 26 heavy (non-hydrogen) atoms. The van der Waals surface area contributed by atoms with Gasteiger partial charge in [0.1, 0.15) is 5.75 Å². The predicted molar refractivity (Wildman–Crippen MR) is 109 cm³/mol. The maximum atomic E-state index is 12.2. The molecule has 2 aromatic rings. The van der Waals surface area contributed by atoms with Crippen LogP contribution in [-0.4, -0.2) is 24.3 Å². The van der Waals surface area contributed by atoms with Crippen LogP contribution in [0.2, 0.25) is 0 Å². The van der Waals surface area contributed by atoms with E-state index in [0.717, 1.165) is 30.1 Å². The Bertz CT molecular complexity index is 717. The lowest BCUT2D eigenvalue weighted by atomic mass is 9.92. The smallest absolute Gasteiger partial charge is 0.260 e. The second-order valence-electron chi connectivity index (χ2n) is 6.73. The number of aryl methyl sites for hydroxylation is 2. The van der Waals surface area contributed by atoms with E-state index >= 15 is 0 Å². The number of ether oxygens (including phenoxy) is 1. The van der Waals surface area contributed by atoms with E-state index in [1.807, 2.05) is 30.8 Å². The minimum Gasteiger partial charge on any atom is -0.481 e. The van der Waals surface area contributed by atoms with E-state index in [0.29, 0.717) is 6.54 Å². The monoisotopic (exact) mass is 369 g/mol. The molecule has 1 aliphatic carbocycles. The minimum atomic E-state index is -0.476. The summed E-state index contributed by atoms with van der Waals surface area (Å²) in [6, 6.07) is 16.6. The van der Waals surface area contributed by atoms with Gasteiger partial charge < -0.3 is 10.1 Å². The summed E-state index contributed by atoms with van der Waals surface area (Å²) in [5, 5.41) is 2.97. The van der Waals surface area contributed by atoms with Gasteiger partial charge in [0.2, 0.25) is 0 Å². The maximum absolute atomic E-state index is 12.2. The van der Waals surface area contributed by atoms with Crippen molar-refractivity contribution in [3.8, 4) is 5.75 Å². The van der Waals surface area contributed by atoms with Crippen molar-refractivity contribution in [1.29, 1.82) is 0 Å². The normalized spacial score (nSPS) is 14.3. The summed E-state index contributed by atoms with van der Waals surface area (Å²) in [6.45, 7) is 2.47. The summed E-state index contributed by atoms with van der Waals surface area (Å²) in [5.74, 6) is 2.61. The minimum absolute atomic E-state index is 0.0527. The second-order valence-corrected chi connectivity index (χ2v) is 7.83. The third-order valence-electron chi connectivity index (χ3n) is 4.66. The molecule has 0 spiro atoms. The molecule has 4 heteroatoms. The Kier molecular flexibility index (Phi) is 7.01. The number of hydrogen-bond donors (Lipinski definition) is 1. The van der Waals surface area contributed by atoms with Crippen molar-refractivity contribution < 1.29 is 9.53 Å². The Morgan fingerprint density at radius 1 is 1.12 bits per heavy atom. The molecule has 1 atom stereocenters. The first-order valence-electron chi connectivity index (χ1n) is 9.40. The van der Waals surface area contributed by atoms with E-state index in [1.165, 1.54) is 29.5 Å². The van der Waals surface area contributed by atoms with Crippen molar-refractivity contribution in [2.75, 3.05) is 12.3 Å². The van der Waals surface area contributed by atoms with E-state index < -0.39 is 6.10 Å². The van der Waals surface area contributed by atoms with Crippen LogP contribution in [0.3, 0.4) is 0 Å². The summed E-state index contributed by atoms with van der Waals surface area (Å²) < 4.78 is 5.85. The van der Waals surface area contributed by atoms with Gasteiger partial charge in [-0.25, -0.2) is 0 Å². The quantitative estimate of drug-likeness (QED) is 0.702. The molecule has 0 saturated carbocycles. The highest BCUT2D eigenvalue weighted by Crippen LogP contribution is 2.25. The van der Waals surface area contributed by atoms with Gasteiger partial charge in [-0.3, -0.25) is 4.79 Å². The van der Waals surface area contributed by atoms with Gasteiger partial charge >= 0.3 is 0 Å². The summed E-state index contributed by atoms with van der Waals surface area (Å²) in [7, 11) is 0. The van der Waals surface area contributed by atoms with Gasteiger partial charge in [-0.1, -0.05) is 36.4 Å². The van der Waals surface area contributed by atoms with Crippen molar-refractivity contribution >= 4 is 17.7 Å². The molecule has 1 amide bonds. The number of hydrogen-bond acceptors (Lipinski definition) is 3. The van der Waals surface area contributed by atoms with Crippen LogP contribution >= 0.6 is 11.8 Å². The van der Waals surface area contributed by atoms with Crippen molar-refractivity contribution in [2.45, 2.75) is 44.5 Å². The number of rotatable bonds is 8. The molecule has 0 saturated heterocycles. The Balaban J connectivity index is 1.38. The van der Waals surface area contributed by atoms with Gasteiger partial charge in [0, 0.05) is 18.1 Å². The molecule has 0 radical (unpaired) electrons. The summed E-state index contributed by atoms with van der Waals surface area (Å²) in [5.41, 5.74) is 4.11. The van der Waals surface area contributed by atoms with Gasteiger partial charge in [-0.15, -0.1) is 0 Å². The van der Waals surface area contributed by atoms with Crippen LogP contribution in [-0.2, 0) is 23.4 Å². The molecule has 2 aromatic carbocycles. The zero-order chi connectivity index (χ0) is 18.2. The third kappa shape index (κ3) is 5.53. The number of amides is 1. The number of carbonyl (C=O) groups excluding carboxylic acids is 1. The number of benzene rings is 2. The van der Waals surface area contributed by atoms with Gasteiger partial charge in [-0.05, 0) is 61.4 Å². The number of nitrogens with one attached hydrogen (secondary N) is 1. The molecular formula is C22H27NO2S. The Hall–Kier alpha value is -1.94. The molecule has 1 N–H and O–H groups in total. The average molecular weight is 370 g/mol. The lowest BCUT2D eigenvalue weighted by Gasteiger charge is -2.19. The zero-order valence-electron chi connectivity index (χ0n) is 15.4. The Morgan fingerprint density at radius 2 is 1.88 bits per heavy atom. The first-order valence-corrected chi connectivity index (χ1v) is 10.6. The fraction of sp³-hybridized carbons (Fsp3) is 0.409. The van der Waals surface area contributed by atoms with E-state index in [-0.39, 0.29) is 5.91 Å². The second kappa shape index (κ2) is 9.67. The van der Waals surface area contributed by atoms with Crippen molar-refractivity contribution in [3.05, 3.63) is 65.2 Å². The Labute approximate surface area is 160 Å². The highest BCUT2D eigenvalue weighted by atomic mass is 32.2. The first-order chi connectivity index (χ1) is 12.7. The lowest BCUT2D eigenvalue weighted by molar-refractivity contribution is -0.127. The molecule has 0 heterocycles. The number of carbonyl (C=O) groups is 1. The molecular weight excluding hydrogens is 342 g/mol. The van der Waals surface area contributed by atoms with Crippen LogP contribution in [0.5, 0.6) is 5.75 Å². The molecule has 0 bridgehead atoms. The molecule has 0 aromatic heterocycles.